The van der Waals surface area contributed by atoms with Crippen LogP contribution in [-0.4, -0.2) is 26.0 Å². The van der Waals surface area contributed by atoms with Gasteiger partial charge in [0.05, 0.1) is 17.6 Å². The molecule has 0 unspecified atom stereocenters. The molecule has 30 heavy (non-hydrogen) atoms. The van der Waals surface area contributed by atoms with Crippen LogP contribution in [0.25, 0.3) is 11.5 Å². The van der Waals surface area contributed by atoms with Crippen LogP contribution in [0.4, 0.5) is 0 Å². The molecule has 0 aliphatic heterocycles. The summed E-state index contributed by atoms with van der Waals surface area (Å²) in [7, 11) is 0. The van der Waals surface area contributed by atoms with Gasteiger partial charge < -0.3 is 9.88 Å². The van der Waals surface area contributed by atoms with Crippen LogP contribution in [0.15, 0.2) is 85.3 Å². The van der Waals surface area contributed by atoms with Crippen LogP contribution in [0.5, 0.6) is 0 Å². The fraction of sp³-hybridized carbons (Fsp3) is 0.130. The first-order chi connectivity index (χ1) is 14.7. The Morgan fingerprint density at radius 3 is 2.47 bits per heavy atom. The van der Waals surface area contributed by atoms with Crippen molar-refractivity contribution in [1.29, 1.82) is 0 Å². The number of halogens is 1. The Balaban J connectivity index is 1.41. The van der Waals surface area contributed by atoms with Crippen LogP contribution in [0.1, 0.15) is 11.1 Å². The van der Waals surface area contributed by atoms with Crippen molar-refractivity contribution >= 4 is 29.3 Å². The fourth-order valence-corrected chi connectivity index (χ4v) is 4.14. The highest BCUT2D eigenvalue weighted by Gasteiger charge is 2.14. The number of para-hydroxylation sites is 1. The van der Waals surface area contributed by atoms with E-state index in [-0.39, 0.29) is 5.91 Å². The summed E-state index contributed by atoms with van der Waals surface area (Å²) in [4.78, 5) is 12.3. The van der Waals surface area contributed by atoms with E-state index in [1.165, 1.54) is 0 Å². The Hall–Kier alpha value is -2.96. The summed E-state index contributed by atoms with van der Waals surface area (Å²) in [5.41, 5.74) is 2.98. The van der Waals surface area contributed by atoms with E-state index < -0.39 is 0 Å². The van der Waals surface area contributed by atoms with E-state index in [4.69, 9.17) is 11.6 Å². The monoisotopic (exact) mass is 436 g/mol. The SMILES string of the molecule is O=C(CSCc1cnn(-c2ccccc2)c1-n1cccc1)NCc1ccccc1Cl. The maximum atomic E-state index is 12.3. The summed E-state index contributed by atoms with van der Waals surface area (Å²) in [5, 5.41) is 8.18. The van der Waals surface area contributed by atoms with E-state index in [1.54, 1.807) is 11.8 Å². The number of rotatable bonds is 8. The van der Waals surface area contributed by atoms with Gasteiger partial charge in [0.1, 0.15) is 5.82 Å². The molecule has 1 N–H and O–H groups in total. The molecule has 5 nitrogen and oxygen atoms in total. The summed E-state index contributed by atoms with van der Waals surface area (Å²) in [6.45, 7) is 0.430. The summed E-state index contributed by atoms with van der Waals surface area (Å²) < 4.78 is 3.97. The number of aromatic nitrogens is 3. The molecule has 2 aromatic heterocycles. The summed E-state index contributed by atoms with van der Waals surface area (Å²) in [6, 6.07) is 21.5. The number of hydrogen-bond donors (Lipinski definition) is 1. The van der Waals surface area contributed by atoms with E-state index in [1.807, 2.05) is 94.6 Å². The normalized spacial score (nSPS) is 10.8. The second-order valence-electron chi connectivity index (χ2n) is 6.69. The van der Waals surface area contributed by atoms with Gasteiger partial charge in [-0.3, -0.25) is 4.79 Å². The molecule has 0 spiro atoms. The average Bonchev–Trinajstić information content (AvgIpc) is 3.43. The molecule has 0 aliphatic rings. The highest BCUT2D eigenvalue weighted by Crippen LogP contribution is 2.23. The lowest BCUT2D eigenvalue weighted by atomic mass is 10.2. The van der Waals surface area contributed by atoms with Gasteiger partial charge in [-0.15, -0.1) is 11.8 Å². The van der Waals surface area contributed by atoms with Crippen molar-refractivity contribution in [3.8, 4) is 11.5 Å². The van der Waals surface area contributed by atoms with Crippen LogP contribution in [0.2, 0.25) is 5.02 Å². The maximum absolute atomic E-state index is 12.3. The average molecular weight is 437 g/mol. The summed E-state index contributed by atoms with van der Waals surface area (Å²) in [6.07, 6.45) is 5.87. The minimum atomic E-state index is -0.0158. The number of carbonyl (C=O) groups is 1. The molecule has 2 heterocycles. The smallest absolute Gasteiger partial charge is 0.230 e. The Kier molecular flexibility index (Phi) is 6.57. The molecule has 152 valence electrons. The number of hydrogen-bond acceptors (Lipinski definition) is 3. The molecule has 2 aromatic carbocycles. The van der Waals surface area contributed by atoms with Crippen LogP contribution in [-0.2, 0) is 17.1 Å². The van der Waals surface area contributed by atoms with E-state index in [0.717, 1.165) is 22.6 Å². The van der Waals surface area contributed by atoms with Gasteiger partial charge in [-0.25, -0.2) is 4.68 Å². The molecule has 7 heteroatoms. The van der Waals surface area contributed by atoms with Crippen LogP contribution in [0.3, 0.4) is 0 Å². The Bertz CT molecular complexity index is 1110. The lowest BCUT2D eigenvalue weighted by Gasteiger charge is -2.11. The zero-order chi connectivity index (χ0) is 20.8. The first-order valence-electron chi connectivity index (χ1n) is 9.56. The van der Waals surface area contributed by atoms with Crippen LogP contribution < -0.4 is 5.32 Å². The Morgan fingerprint density at radius 2 is 1.70 bits per heavy atom. The number of thioether (sulfide) groups is 1. The predicted molar refractivity (Wildman–Crippen MR) is 122 cm³/mol. The van der Waals surface area contributed by atoms with Crippen LogP contribution >= 0.6 is 23.4 Å². The van der Waals surface area contributed by atoms with Gasteiger partial charge in [0.15, 0.2) is 0 Å². The number of carbonyl (C=O) groups excluding carboxylic acids is 1. The van der Waals surface area contributed by atoms with Crippen molar-refractivity contribution in [2.45, 2.75) is 12.3 Å². The number of nitrogens with zero attached hydrogens (tertiary/aromatic N) is 3. The van der Waals surface area contributed by atoms with E-state index in [0.29, 0.717) is 23.1 Å². The highest BCUT2D eigenvalue weighted by molar-refractivity contribution is 7.99. The van der Waals surface area contributed by atoms with Gasteiger partial charge in [-0.2, -0.15) is 5.10 Å². The second kappa shape index (κ2) is 9.69. The maximum Gasteiger partial charge on any atom is 0.230 e. The van der Waals surface area contributed by atoms with Gasteiger partial charge in [-0.05, 0) is 35.9 Å². The largest absolute Gasteiger partial charge is 0.351 e. The van der Waals surface area contributed by atoms with E-state index >= 15 is 0 Å². The number of nitrogens with one attached hydrogen (secondary N) is 1. The zero-order valence-corrected chi connectivity index (χ0v) is 17.8. The Labute approximate surface area is 184 Å². The molecular formula is C23H21ClN4OS. The predicted octanol–water partition coefficient (Wildman–Crippen LogP) is 4.87. The molecule has 4 aromatic rings. The second-order valence-corrected chi connectivity index (χ2v) is 8.08. The lowest BCUT2D eigenvalue weighted by Crippen LogP contribution is -2.24. The highest BCUT2D eigenvalue weighted by atomic mass is 35.5. The minimum Gasteiger partial charge on any atom is -0.351 e. The van der Waals surface area contributed by atoms with Crippen LogP contribution in [0, 0.1) is 0 Å². The fourth-order valence-electron chi connectivity index (χ4n) is 3.13. The molecule has 0 saturated carbocycles. The van der Waals surface area contributed by atoms with Crippen molar-refractivity contribution in [2.24, 2.45) is 0 Å². The van der Waals surface area contributed by atoms with Crippen molar-refractivity contribution in [2.75, 3.05) is 5.75 Å². The van der Waals surface area contributed by atoms with Gasteiger partial charge in [0.25, 0.3) is 0 Å². The third-order valence-electron chi connectivity index (χ3n) is 4.59. The molecule has 1 amide bonds. The molecule has 4 rings (SSSR count). The number of benzene rings is 2. The molecule has 0 atom stereocenters. The van der Waals surface area contributed by atoms with E-state index in [9.17, 15) is 4.79 Å². The molecule has 0 radical (unpaired) electrons. The summed E-state index contributed by atoms with van der Waals surface area (Å²) in [5.74, 6) is 2.01. The molecular weight excluding hydrogens is 416 g/mol. The van der Waals surface area contributed by atoms with Crippen molar-refractivity contribution < 1.29 is 4.79 Å². The minimum absolute atomic E-state index is 0.0158. The van der Waals surface area contributed by atoms with Gasteiger partial charge in [0, 0.05) is 35.3 Å². The topological polar surface area (TPSA) is 51.9 Å². The first-order valence-corrected chi connectivity index (χ1v) is 11.1. The standard InChI is InChI=1S/C23H21ClN4OS/c24-21-11-5-4-8-18(21)14-25-22(29)17-30-16-19-15-26-28(20-9-2-1-3-10-20)23(19)27-12-6-7-13-27/h1-13,15H,14,16-17H2,(H,25,29). The molecule has 0 aliphatic carbocycles. The van der Waals surface area contributed by atoms with Crippen molar-refractivity contribution in [1.82, 2.24) is 19.7 Å². The van der Waals surface area contributed by atoms with E-state index in [2.05, 4.69) is 10.4 Å². The Morgan fingerprint density at radius 1 is 0.967 bits per heavy atom. The van der Waals surface area contributed by atoms with Crippen molar-refractivity contribution in [3.63, 3.8) is 0 Å². The van der Waals surface area contributed by atoms with Gasteiger partial charge >= 0.3 is 0 Å². The number of amides is 1. The van der Waals surface area contributed by atoms with Crippen molar-refractivity contribution in [3.05, 3.63) is 101 Å². The molecule has 0 saturated heterocycles. The lowest BCUT2D eigenvalue weighted by molar-refractivity contribution is -0.118. The summed E-state index contributed by atoms with van der Waals surface area (Å²) >= 11 is 7.71. The zero-order valence-electron chi connectivity index (χ0n) is 16.2. The third-order valence-corrected chi connectivity index (χ3v) is 5.94. The van der Waals surface area contributed by atoms with Gasteiger partial charge in [-0.1, -0.05) is 48.0 Å². The molecule has 0 bridgehead atoms. The van der Waals surface area contributed by atoms with Gasteiger partial charge in [0.2, 0.25) is 5.91 Å². The molecule has 0 fully saturated rings. The first kappa shape index (κ1) is 20.3. The third kappa shape index (κ3) is 4.78. The quantitative estimate of drug-likeness (QED) is 0.429.